The number of amides is 2. The molecule has 6 nitrogen and oxygen atoms in total. The second kappa shape index (κ2) is 9.02. The number of carbonyl (C=O) groups excluding carboxylic acids is 4. The number of nitrogens with zero attached hydrogens (tertiary/aromatic N) is 1. The molecule has 1 aliphatic heterocycles. The highest BCUT2D eigenvalue weighted by Gasteiger charge is 2.56. The molecule has 0 spiro atoms. The standard InChI is InChI=1S/C31H26BrNO5/c1-3-16-4-7-18(8-5-16)33-30(37)20-10-9-19-21(27(20)31(33)38)14-23-28(25(35)12-15(2)29(23)36)26(19)22-13-17(32)6-11-24(22)34/h4-9,11-13,20-21,26-27,34H,3,10,14H2,1-2H3/t20-,21+,26+,27-/m0/s1. The molecule has 3 aliphatic carbocycles. The summed E-state index contributed by atoms with van der Waals surface area (Å²) in [6, 6.07) is 12.5. The zero-order valence-corrected chi connectivity index (χ0v) is 22.6. The van der Waals surface area contributed by atoms with Crippen LogP contribution in [0.4, 0.5) is 5.69 Å². The van der Waals surface area contributed by atoms with Crippen molar-refractivity contribution in [2.45, 2.75) is 39.0 Å². The molecule has 1 saturated heterocycles. The number of rotatable bonds is 3. The summed E-state index contributed by atoms with van der Waals surface area (Å²) in [5.41, 5.74) is 4.08. The van der Waals surface area contributed by atoms with Crippen LogP contribution in [0.15, 0.2) is 81.4 Å². The van der Waals surface area contributed by atoms with Gasteiger partial charge in [0, 0.05) is 32.7 Å². The second-order valence-electron chi connectivity index (χ2n) is 10.5. The minimum absolute atomic E-state index is 0.00622. The van der Waals surface area contributed by atoms with Crippen molar-refractivity contribution in [1.29, 1.82) is 0 Å². The maximum atomic E-state index is 13.9. The molecule has 6 rings (SSSR count). The summed E-state index contributed by atoms with van der Waals surface area (Å²) in [7, 11) is 0. The van der Waals surface area contributed by atoms with Crippen LogP contribution in [-0.2, 0) is 25.6 Å². The monoisotopic (exact) mass is 571 g/mol. The Balaban J connectivity index is 1.48. The van der Waals surface area contributed by atoms with E-state index in [0.29, 0.717) is 34.4 Å². The molecule has 2 aromatic carbocycles. The van der Waals surface area contributed by atoms with Crippen LogP contribution in [-0.4, -0.2) is 28.5 Å². The van der Waals surface area contributed by atoms with Crippen molar-refractivity contribution < 1.29 is 24.3 Å². The summed E-state index contributed by atoms with van der Waals surface area (Å²) in [6.07, 6.45) is 4.74. The molecule has 0 unspecified atom stereocenters. The number of benzene rings is 2. The van der Waals surface area contributed by atoms with E-state index in [0.717, 1.165) is 22.0 Å². The van der Waals surface area contributed by atoms with E-state index in [2.05, 4.69) is 15.9 Å². The largest absolute Gasteiger partial charge is 0.508 e. The molecule has 0 saturated carbocycles. The third kappa shape index (κ3) is 3.59. The molecular weight excluding hydrogens is 546 g/mol. The summed E-state index contributed by atoms with van der Waals surface area (Å²) in [5, 5.41) is 10.9. The van der Waals surface area contributed by atoms with Gasteiger partial charge in [0.1, 0.15) is 5.75 Å². The molecule has 7 heteroatoms. The van der Waals surface area contributed by atoms with E-state index < -0.39 is 23.7 Å². The SMILES string of the molecule is CCc1ccc(N2C(=O)[C@H]3[C@H](CC=C4[C@H](c5cc(Br)ccc5O)C5=C(C[C@H]43)C(=O)C(C)=CC5=O)C2=O)cc1. The lowest BCUT2D eigenvalue weighted by atomic mass is 9.59. The summed E-state index contributed by atoms with van der Waals surface area (Å²) < 4.78 is 0.721. The van der Waals surface area contributed by atoms with Crippen molar-refractivity contribution in [3.63, 3.8) is 0 Å². The topological polar surface area (TPSA) is 91.8 Å². The minimum Gasteiger partial charge on any atom is -0.508 e. The first kappa shape index (κ1) is 24.7. The van der Waals surface area contributed by atoms with E-state index in [1.807, 2.05) is 37.3 Å². The highest BCUT2D eigenvalue weighted by molar-refractivity contribution is 9.10. The number of anilines is 1. The van der Waals surface area contributed by atoms with E-state index in [4.69, 9.17) is 0 Å². The Morgan fingerprint density at radius 2 is 1.74 bits per heavy atom. The molecule has 0 radical (unpaired) electrons. The average Bonchev–Trinajstić information content (AvgIpc) is 3.17. The number of hydrogen-bond donors (Lipinski definition) is 1. The Morgan fingerprint density at radius 3 is 2.45 bits per heavy atom. The van der Waals surface area contributed by atoms with E-state index in [1.165, 1.54) is 11.0 Å². The van der Waals surface area contributed by atoms with Crippen molar-refractivity contribution in [1.82, 2.24) is 0 Å². The smallest absolute Gasteiger partial charge is 0.238 e. The van der Waals surface area contributed by atoms with Crippen molar-refractivity contribution in [2.75, 3.05) is 4.90 Å². The second-order valence-corrected chi connectivity index (χ2v) is 11.4. The first-order valence-corrected chi connectivity index (χ1v) is 13.7. The number of halogens is 1. The molecular formula is C31H26BrNO5. The Hall–Kier alpha value is -3.58. The molecule has 1 N–H and O–H groups in total. The van der Waals surface area contributed by atoms with Gasteiger partial charge in [0.05, 0.1) is 17.5 Å². The fourth-order valence-corrected chi connectivity index (χ4v) is 7.01. The third-order valence-electron chi connectivity index (χ3n) is 8.47. The molecule has 38 heavy (non-hydrogen) atoms. The summed E-state index contributed by atoms with van der Waals surface area (Å²) in [5.74, 6) is -3.27. The lowest BCUT2D eigenvalue weighted by molar-refractivity contribution is -0.123. The number of allylic oxidation sites excluding steroid dienone is 6. The zero-order valence-electron chi connectivity index (χ0n) is 21.0. The van der Waals surface area contributed by atoms with Gasteiger partial charge in [-0.2, -0.15) is 0 Å². The fourth-order valence-electron chi connectivity index (χ4n) is 6.63. The first-order valence-electron chi connectivity index (χ1n) is 12.9. The van der Waals surface area contributed by atoms with Gasteiger partial charge in [-0.05, 0) is 74.1 Å². The highest BCUT2D eigenvalue weighted by Crippen LogP contribution is 2.56. The lowest BCUT2D eigenvalue weighted by Crippen LogP contribution is -2.39. The Bertz CT molecular complexity index is 1530. The molecule has 0 bridgehead atoms. The number of phenolic OH excluding ortho intramolecular Hbond substituents is 1. The maximum absolute atomic E-state index is 13.9. The molecule has 1 fully saturated rings. The Kier molecular flexibility index (Phi) is 5.87. The number of carbonyl (C=O) groups is 4. The zero-order chi connectivity index (χ0) is 26.9. The molecule has 192 valence electrons. The average molecular weight is 572 g/mol. The van der Waals surface area contributed by atoms with Gasteiger partial charge in [-0.15, -0.1) is 0 Å². The number of imide groups is 1. The normalized spacial score (nSPS) is 26.7. The molecule has 4 aliphatic rings. The Morgan fingerprint density at radius 1 is 1.00 bits per heavy atom. The molecule has 0 aromatic heterocycles. The van der Waals surface area contributed by atoms with Crippen LogP contribution < -0.4 is 4.90 Å². The lowest BCUT2D eigenvalue weighted by Gasteiger charge is -2.42. The van der Waals surface area contributed by atoms with Crippen molar-refractivity contribution in [2.24, 2.45) is 17.8 Å². The molecule has 2 amide bonds. The van der Waals surface area contributed by atoms with Crippen molar-refractivity contribution >= 4 is 45.0 Å². The summed E-state index contributed by atoms with van der Waals surface area (Å²) >= 11 is 3.47. The molecule has 1 heterocycles. The van der Waals surface area contributed by atoms with Gasteiger partial charge in [-0.3, -0.25) is 24.1 Å². The first-order chi connectivity index (χ1) is 18.2. The van der Waals surface area contributed by atoms with Crippen LogP contribution in [0.3, 0.4) is 0 Å². The number of phenols is 1. The number of aromatic hydroxyl groups is 1. The predicted molar refractivity (Wildman–Crippen MR) is 145 cm³/mol. The maximum Gasteiger partial charge on any atom is 0.238 e. The van der Waals surface area contributed by atoms with Gasteiger partial charge in [0.2, 0.25) is 11.8 Å². The van der Waals surface area contributed by atoms with Crippen LogP contribution >= 0.6 is 15.9 Å². The molecule has 2 aromatic rings. The number of Topliss-reactive ketones (excluding diaryl/α,β-unsaturated/α-hetero) is 1. The Labute approximate surface area is 228 Å². The van der Waals surface area contributed by atoms with Crippen molar-refractivity contribution in [3.05, 3.63) is 92.5 Å². The van der Waals surface area contributed by atoms with Gasteiger partial charge in [0.25, 0.3) is 0 Å². The number of hydrogen-bond acceptors (Lipinski definition) is 5. The van der Waals surface area contributed by atoms with Crippen LogP contribution in [0.2, 0.25) is 0 Å². The van der Waals surface area contributed by atoms with E-state index in [-0.39, 0.29) is 35.6 Å². The number of aryl methyl sites for hydroxylation is 1. The highest BCUT2D eigenvalue weighted by atomic mass is 79.9. The molecule has 4 atom stereocenters. The van der Waals surface area contributed by atoms with Crippen LogP contribution in [0.1, 0.15) is 43.7 Å². The number of ketones is 2. The number of fused-ring (bicyclic) bond motifs is 3. The van der Waals surface area contributed by atoms with E-state index in [1.54, 1.807) is 25.1 Å². The fraction of sp³-hybridized carbons (Fsp3) is 0.290. The minimum atomic E-state index is -0.677. The van der Waals surface area contributed by atoms with Crippen LogP contribution in [0, 0.1) is 17.8 Å². The van der Waals surface area contributed by atoms with Gasteiger partial charge in [-0.1, -0.05) is 46.6 Å². The van der Waals surface area contributed by atoms with Gasteiger partial charge < -0.3 is 5.11 Å². The van der Waals surface area contributed by atoms with E-state index in [9.17, 15) is 24.3 Å². The summed E-state index contributed by atoms with van der Waals surface area (Å²) in [6.45, 7) is 3.67. The van der Waals surface area contributed by atoms with Crippen LogP contribution in [0.5, 0.6) is 5.75 Å². The van der Waals surface area contributed by atoms with Gasteiger partial charge in [0.15, 0.2) is 11.6 Å². The van der Waals surface area contributed by atoms with Gasteiger partial charge in [-0.25, -0.2) is 0 Å². The predicted octanol–water partition coefficient (Wildman–Crippen LogP) is 5.35. The van der Waals surface area contributed by atoms with Crippen LogP contribution in [0.25, 0.3) is 0 Å². The van der Waals surface area contributed by atoms with E-state index >= 15 is 0 Å². The third-order valence-corrected chi connectivity index (χ3v) is 8.96. The van der Waals surface area contributed by atoms with Crippen molar-refractivity contribution in [3.8, 4) is 5.75 Å². The quantitative estimate of drug-likeness (QED) is 0.304. The van der Waals surface area contributed by atoms with Gasteiger partial charge >= 0.3 is 0 Å². The summed E-state index contributed by atoms with van der Waals surface area (Å²) in [4.78, 5) is 55.5.